The molecular weight excluding hydrogens is 375 g/mol. The van der Waals surface area contributed by atoms with E-state index in [2.05, 4.69) is 11.0 Å². The number of carbonyl (C=O) groups is 1. The van der Waals surface area contributed by atoms with Crippen LogP contribution < -0.4 is 4.90 Å². The molecular formula is C19H20Cl2N2OS. The van der Waals surface area contributed by atoms with Crippen molar-refractivity contribution in [1.82, 2.24) is 4.90 Å². The Morgan fingerprint density at radius 2 is 1.68 bits per heavy atom. The highest BCUT2D eigenvalue weighted by molar-refractivity contribution is 8.00. The molecule has 1 amide bonds. The van der Waals surface area contributed by atoms with Crippen LogP contribution in [0, 0.1) is 0 Å². The van der Waals surface area contributed by atoms with Gasteiger partial charge in [0.15, 0.2) is 0 Å². The Kier molecular flexibility index (Phi) is 6.15. The van der Waals surface area contributed by atoms with E-state index >= 15 is 0 Å². The molecule has 3 nitrogen and oxygen atoms in total. The van der Waals surface area contributed by atoms with Gasteiger partial charge in [-0.05, 0) is 49.4 Å². The number of piperazine rings is 1. The molecule has 1 heterocycles. The summed E-state index contributed by atoms with van der Waals surface area (Å²) in [4.78, 5) is 18.0. The highest BCUT2D eigenvalue weighted by Gasteiger charge is 2.25. The third-order valence-electron chi connectivity index (χ3n) is 4.24. The second-order valence-corrected chi connectivity index (χ2v) is 8.29. The summed E-state index contributed by atoms with van der Waals surface area (Å²) >= 11 is 13.6. The zero-order chi connectivity index (χ0) is 17.8. The van der Waals surface area contributed by atoms with Crippen molar-refractivity contribution in [2.75, 3.05) is 31.1 Å². The van der Waals surface area contributed by atoms with E-state index in [0.29, 0.717) is 5.02 Å². The topological polar surface area (TPSA) is 23.6 Å². The fourth-order valence-corrected chi connectivity index (χ4v) is 4.14. The first-order valence-electron chi connectivity index (χ1n) is 8.24. The fourth-order valence-electron chi connectivity index (χ4n) is 2.88. The number of halogens is 2. The maximum Gasteiger partial charge on any atom is 0.235 e. The van der Waals surface area contributed by atoms with Crippen LogP contribution in [0.4, 0.5) is 5.69 Å². The SMILES string of the molecule is C[C@H](Sc1ccc(Cl)cc1)C(=O)N1CCN(c2cccc(Cl)c2)CC1. The minimum atomic E-state index is -0.112. The Morgan fingerprint density at radius 3 is 2.32 bits per heavy atom. The summed E-state index contributed by atoms with van der Waals surface area (Å²) in [6.45, 7) is 5.08. The first-order chi connectivity index (χ1) is 12.0. The van der Waals surface area contributed by atoms with E-state index < -0.39 is 0 Å². The van der Waals surface area contributed by atoms with Gasteiger partial charge in [-0.3, -0.25) is 4.79 Å². The van der Waals surface area contributed by atoms with Crippen molar-refractivity contribution in [3.8, 4) is 0 Å². The van der Waals surface area contributed by atoms with Crippen LogP contribution in [0.25, 0.3) is 0 Å². The number of amides is 1. The van der Waals surface area contributed by atoms with Crippen LogP contribution in [0.1, 0.15) is 6.92 Å². The van der Waals surface area contributed by atoms with Crippen LogP contribution in [0.3, 0.4) is 0 Å². The van der Waals surface area contributed by atoms with Crippen molar-refractivity contribution < 1.29 is 4.79 Å². The molecule has 25 heavy (non-hydrogen) atoms. The third-order valence-corrected chi connectivity index (χ3v) is 5.83. The number of thioether (sulfide) groups is 1. The van der Waals surface area contributed by atoms with Crippen LogP contribution >= 0.6 is 35.0 Å². The minimum Gasteiger partial charge on any atom is -0.368 e. The van der Waals surface area contributed by atoms with Crippen molar-refractivity contribution in [3.63, 3.8) is 0 Å². The molecule has 1 fully saturated rings. The summed E-state index contributed by atoms with van der Waals surface area (Å²) in [6.07, 6.45) is 0. The fraction of sp³-hybridized carbons (Fsp3) is 0.316. The molecule has 0 spiro atoms. The van der Waals surface area contributed by atoms with E-state index in [1.54, 1.807) is 11.8 Å². The van der Waals surface area contributed by atoms with Gasteiger partial charge in [-0.1, -0.05) is 29.3 Å². The van der Waals surface area contributed by atoms with Gasteiger partial charge in [-0.25, -0.2) is 0 Å². The maximum absolute atomic E-state index is 12.7. The van der Waals surface area contributed by atoms with Crippen LogP contribution in [-0.4, -0.2) is 42.2 Å². The van der Waals surface area contributed by atoms with Gasteiger partial charge in [-0.2, -0.15) is 0 Å². The molecule has 1 aliphatic rings. The molecule has 0 bridgehead atoms. The number of nitrogens with zero attached hydrogens (tertiary/aromatic N) is 2. The van der Waals surface area contributed by atoms with Gasteiger partial charge in [0.25, 0.3) is 0 Å². The second-order valence-electron chi connectivity index (χ2n) is 6.01. The van der Waals surface area contributed by atoms with Crippen molar-refractivity contribution >= 4 is 46.6 Å². The molecule has 1 saturated heterocycles. The lowest BCUT2D eigenvalue weighted by Gasteiger charge is -2.37. The number of hydrogen-bond acceptors (Lipinski definition) is 3. The van der Waals surface area contributed by atoms with Crippen molar-refractivity contribution in [1.29, 1.82) is 0 Å². The average molecular weight is 395 g/mol. The van der Waals surface area contributed by atoms with Gasteiger partial charge in [0.2, 0.25) is 5.91 Å². The van der Waals surface area contributed by atoms with E-state index in [-0.39, 0.29) is 11.2 Å². The second kappa shape index (κ2) is 8.35. The van der Waals surface area contributed by atoms with E-state index in [4.69, 9.17) is 23.2 Å². The number of carbonyl (C=O) groups excluding carboxylic acids is 1. The minimum absolute atomic E-state index is 0.112. The third kappa shape index (κ3) is 4.84. The van der Waals surface area contributed by atoms with Gasteiger partial charge in [0, 0.05) is 46.8 Å². The maximum atomic E-state index is 12.7. The van der Waals surface area contributed by atoms with Gasteiger partial charge < -0.3 is 9.80 Å². The zero-order valence-corrected chi connectivity index (χ0v) is 16.3. The van der Waals surface area contributed by atoms with Gasteiger partial charge >= 0.3 is 0 Å². The lowest BCUT2D eigenvalue weighted by molar-refractivity contribution is -0.130. The van der Waals surface area contributed by atoms with Crippen molar-refractivity contribution in [2.45, 2.75) is 17.1 Å². The van der Waals surface area contributed by atoms with Gasteiger partial charge in [-0.15, -0.1) is 11.8 Å². The average Bonchev–Trinajstić information content (AvgIpc) is 2.63. The quantitative estimate of drug-likeness (QED) is 0.694. The summed E-state index contributed by atoms with van der Waals surface area (Å²) in [6, 6.07) is 15.5. The summed E-state index contributed by atoms with van der Waals surface area (Å²) in [5, 5.41) is 1.34. The standard InChI is InChI=1S/C19H20Cl2N2OS/c1-14(25-18-7-5-15(20)6-8-18)19(24)23-11-9-22(10-12-23)17-4-2-3-16(21)13-17/h2-8,13-14H,9-12H2,1H3/t14-/m0/s1. The van der Waals surface area contributed by atoms with E-state index in [9.17, 15) is 4.79 Å². The molecule has 0 aromatic heterocycles. The number of anilines is 1. The van der Waals surface area contributed by atoms with E-state index in [1.807, 2.05) is 54.3 Å². The lowest BCUT2D eigenvalue weighted by Crippen LogP contribution is -2.50. The predicted octanol–water partition coefficient (Wildman–Crippen LogP) is 4.82. The predicted molar refractivity (Wildman–Crippen MR) is 107 cm³/mol. The Balaban J connectivity index is 1.54. The molecule has 0 aliphatic carbocycles. The van der Waals surface area contributed by atoms with Gasteiger partial charge in [0.1, 0.15) is 0 Å². The van der Waals surface area contributed by atoms with Crippen LogP contribution in [0.5, 0.6) is 0 Å². The molecule has 1 aliphatic heterocycles. The highest BCUT2D eigenvalue weighted by atomic mass is 35.5. The Labute approximate surface area is 162 Å². The Bertz CT molecular complexity index is 730. The van der Waals surface area contributed by atoms with Crippen molar-refractivity contribution in [2.24, 2.45) is 0 Å². The molecule has 0 N–H and O–H groups in total. The van der Waals surface area contributed by atoms with Crippen molar-refractivity contribution in [3.05, 3.63) is 58.6 Å². The summed E-state index contributed by atoms with van der Waals surface area (Å²) in [5.74, 6) is 0.186. The van der Waals surface area contributed by atoms with Crippen LogP contribution in [0.15, 0.2) is 53.4 Å². The molecule has 0 radical (unpaired) electrons. The van der Waals surface area contributed by atoms with Gasteiger partial charge in [0.05, 0.1) is 5.25 Å². The first kappa shape index (κ1) is 18.4. The van der Waals surface area contributed by atoms with E-state index in [0.717, 1.165) is 41.8 Å². The molecule has 0 unspecified atom stereocenters. The van der Waals surface area contributed by atoms with Crippen LogP contribution in [-0.2, 0) is 4.79 Å². The molecule has 2 aromatic rings. The monoisotopic (exact) mass is 394 g/mol. The molecule has 2 aromatic carbocycles. The largest absolute Gasteiger partial charge is 0.368 e. The Hall–Kier alpha value is -1.36. The normalized spacial score (nSPS) is 16.0. The smallest absolute Gasteiger partial charge is 0.235 e. The summed E-state index contributed by atoms with van der Waals surface area (Å²) < 4.78 is 0. The van der Waals surface area contributed by atoms with E-state index in [1.165, 1.54) is 0 Å². The summed E-state index contributed by atoms with van der Waals surface area (Å²) in [7, 11) is 0. The number of rotatable bonds is 4. The molecule has 6 heteroatoms. The number of hydrogen-bond donors (Lipinski definition) is 0. The first-order valence-corrected chi connectivity index (χ1v) is 9.88. The number of benzene rings is 2. The van der Waals surface area contributed by atoms with Crippen LogP contribution in [0.2, 0.25) is 10.0 Å². The molecule has 1 atom stereocenters. The Morgan fingerprint density at radius 1 is 1.00 bits per heavy atom. The summed E-state index contributed by atoms with van der Waals surface area (Å²) in [5.41, 5.74) is 1.11. The molecule has 3 rings (SSSR count). The molecule has 132 valence electrons. The highest BCUT2D eigenvalue weighted by Crippen LogP contribution is 2.27. The lowest BCUT2D eigenvalue weighted by atomic mass is 10.2. The zero-order valence-electron chi connectivity index (χ0n) is 14.0. The molecule has 0 saturated carbocycles.